The molecular weight excluding hydrogens is 300 g/mol. The molecule has 3 aromatic heterocycles. The molecule has 0 aromatic carbocycles. The van der Waals surface area contributed by atoms with Crippen LogP contribution in [0, 0.1) is 13.8 Å². The highest BCUT2D eigenvalue weighted by Gasteiger charge is 2.22. The van der Waals surface area contributed by atoms with Gasteiger partial charge in [-0.15, -0.1) is 5.10 Å². The fourth-order valence-corrected chi connectivity index (χ4v) is 2.62. The van der Waals surface area contributed by atoms with E-state index < -0.39 is 0 Å². The lowest BCUT2D eigenvalue weighted by Gasteiger charge is -2.10. The molecule has 0 aliphatic rings. The zero-order valence-electron chi connectivity index (χ0n) is 13.3. The van der Waals surface area contributed by atoms with Gasteiger partial charge in [-0.1, -0.05) is 37.7 Å². The monoisotopic (exact) mass is 318 g/mol. The molecule has 0 atom stereocenters. The molecule has 0 N–H and O–H groups in total. The number of rotatable bonds is 3. The van der Waals surface area contributed by atoms with Crippen molar-refractivity contribution >= 4 is 17.5 Å². The second kappa shape index (κ2) is 5.35. The maximum absolute atomic E-state index is 5.28. The topological polar surface area (TPSA) is 82.0 Å². The van der Waals surface area contributed by atoms with Crippen LogP contribution >= 0.6 is 11.8 Å². The van der Waals surface area contributed by atoms with Gasteiger partial charge in [0.05, 0.1) is 5.75 Å². The molecule has 0 fully saturated rings. The molecule has 3 heterocycles. The van der Waals surface area contributed by atoms with Crippen LogP contribution in [0.25, 0.3) is 5.78 Å². The second-order valence-corrected chi connectivity index (χ2v) is 7.14. The van der Waals surface area contributed by atoms with E-state index in [1.54, 1.807) is 4.52 Å². The smallest absolute Gasteiger partial charge is 0.253 e. The van der Waals surface area contributed by atoms with Crippen LogP contribution in [0.2, 0.25) is 0 Å². The summed E-state index contributed by atoms with van der Waals surface area (Å²) in [5.74, 6) is 2.46. The molecule has 3 rings (SSSR count). The Morgan fingerprint density at radius 2 is 1.95 bits per heavy atom. The van der Waals surface area contributed by atoms with Gasteiger partial charge in [0.2, 0.25) is 11.0 Å². The molecule has 0 spiro atoms. The first-order valence-corrected chi connectivity index (χ1v) is 7.98. The fraction of sp³-hybridized carbons (Fsp3) is 0.500. The lowest BCUT2D eigenvalue weighted by atomic mass is 9.97. The first-order chi connectivity index (χ1) is 10.3. The molecule has 0 aliphatic heterocycles. The van der Waals surface area contributed by atoms with Crippen molar-refractivity contribution in [3.8, 4) is 0 Å². The zero-order chi connectivity index (χ0) is 15.9. The van der Waals surface area contributed by atoms with Gasteiger partial charge in [0, 0.05) is 16.8 Å². The standard InChI is InChI=1S/C14H18N6OS/c1-8-6-9(2)20-12(15-8)17-13(18-20)22-7-10-16-11(21-19-10)14(3,4)5/h6H,7H2,1-5H3. The Balaban J connectivity index is 1.77. The Morgan fingerprint density at radius 3 is 2.64 bits per heavy atom. The number of aryl methyl sites for hydroxylation is 2. The van der Waals surface area contributed by atoms with Gasteiger partial charge in [0.15, 0.2) is 5.82 Å². The van der Waals surface area contributed by atoms with Crippen molar-refractivity contribution in [3.05, 3.63) is 29.2 Å². The van der Waals surface area contributed by atoms with E-state index >= 15 is 0 Å². The van der Waals surface area contributed by atoms with Crippen LogP contribution in [0.3, 0.4) is 0 Å². The van der Waals surface area contributed by atoms with Crippen molar-refractivity contribution in [2.45, 2.75) is 50.9 Å². The predicted octanol–water partition coefficient (Wildman–Crippen LogP) is 2.71. The molecule has 0 radical (unpaired) electrons. The highest BCUT2D eigenvalue weighted by molar-refractivity contribution is 7.98. The van der Waals surface area contributed by atoms with E-state index in [9.17, 15) is 0 Å². The number of hydrogen-bond acceptors (Lipinski definition) is 7. The third-order valence-corrected chi connectivity index (χ3v) is 3.87. The van der Waals surface area contributed by atoms with Crippen molar-refractivity contribution in [2.24, 2.45) is 0 Å². The summed E-state index contributed by atoms with van der Waals surface area (Å²) >= 11 is 1.47. The minimum atomic E-state index is -0.143. The molecule has 7 nitrogen and oxygen atoms in total. The second-order valence-electron chi connectivity index (χ2n) is 6.20. The van der Waals surface area contributed by atoms with Crippen LogP contribution < -0.4 is 0 Å². The summed E-state index contributed by atoms with van der Waals surface area (Å²) in [7, 11) is 0. The van der Waals surface area contributed by atoms with Gasteiger partial charge in [-0.3, -0.25) is 0 Å². The van der Waals surface area contributed by atoms with Gasteiger partial charge in [0.1, 0.15) is 0 Å². The molecule has 0 unspecified atom stereocenters. The minimum Gasteiger partial charge on any atom is -0.339 e. The van der Waals surface area contributed by atoms with Gasteiger partial charge in [-0.25, -0.2) is 9.50 Å². The molecule has 0 amide bonds. The van der Waals surface area contributed by atoms with E-state index in [1.165, 1.54) is 11.8 Å². The van der Waals surface area contributed by atoms with Gasteiger partial charge in [-0.05, 0) is 19.9 Å². The van der Waals surface area contributed by atoms with Gasteiger partial charge >= 0.3 is 0 Å². The minimum absolute atomic E-state index is 0.143. The van der Waals surface area contributed by atoms with Crippen LogP contribution in [0.5, 0.6) is 0 Å². The first kappa shape index (κ1) is 15.0. The summed E-state index contributed by atoms with van der Waals surface area (Å²) < 4.78 is 7.02. The summed E-state index contributed by atoms with van der Waals surface area (Å²) in [6.45, 7) is 10.1. The van der Waals surface area contributed by atoms with Crippen molar-refractivity contribution in [2.75, 3.05) is 0 Å². The third kappa shape index (κ3) is 2.96. The van der Waals surface area contributed by atoms with Crippen molar-refractivity contribution < 1.29 is 4.52 Å². The summed E-state index contributed by atoms with van der Waals surface area (Å²) in [6.07, 6.45) is 0. The van der Waals surface area contributed by atoms with E-state index in [2.05, 4.69) is 25.2 Å². The fourth-order valence-electron chi connectivity index (χ4n) is 1.96. The zero-order valence-corrected chi connectivity index (χ0v) is 14.1. The lowest BCUT2D eigenvalue weighted by molar-refractivity contribution is 0.319. The maximum atomic E-state index is 5.28. The van der Waals surface area contributed by atoms with E-state index in [0.717, 1.165) is 11.4 Å². The van der Waals surface area contributed by atoms with E-state index in [-0.39, 0.29) is 5.41 Å². The quantitative estimate of drug-likeness (QED) is 0.687. The number of thioether (sulfide) groups is 1. The molecular formula is C14H18N6OS. The number of nitrogens with zero attached hydrogens (tertiary/aromatic N) is 6. The molecule has 0 aliphatic carbocycles. The highest BCUT2D eigenvalue weighted by atomic mass is 32.2. The summed E-state index contributed by atoms with van der Waals surface area (Å²) in [6, 6.07) is 1.98. The molecule has 3 aromatic rings. The SMILES string of the molecule is Cc1cc(C)n2nc(SCc3noc(C(C)(C)C)n3)nc2n1. The van der Waals surface area contributed by atoms with E-state index in [0.29, 0.717) is 28.4 Å². The van der Waals surface area contributed by atoms with Crippen molar-refractivity contribution in [3.63, 3.8) is 0 Å². The number of aromatic nitrogens is 6. The van der Waals surface area contributed by atoms with Gasteiger partial charge in [0.25, 0.3) is 5.78 Å². The molecule has 0 bridgehead atoms. The van der Waals surface area contributed by atoms with Crippen LogP contribution in [-0.2, 0) is 11.2 Å². The Kier molecular flexibility index (Phi) is 3.64. The van der Waals surface area contributed by atoms with E-state index in [4.69, 9.17) is 4.52 Å². The van der Waals surface area contributed by atoms with Gasteiger partial charge in [-0.2, -0.15) is 9.97 Å². The average Bonchev–Trinajstić information content (AvgIpc) is 3.01. The Labute approximate surface area is 132 Å². The molecule has 22 heavy (non-hydrogen) atoms. The van der Waals surface area contributed by atoms with Crippen LogP contribution in [0.1, 0.15) is 43.9 Å². The average molecular weight is 318 g/mol. The van der Waals surface area contributed by atoms with E-state index in [1.807, 2.05) is 40.7 Å². The molecule has 8 heteroatoms. The Hall–Kier alpha value is -1.96. The van der Waals surface area contributed by atoms with Crippen LogP contribution in [-0.4, -0.2) is 29.7 Å². The Morgan fingerprint density at radius 1 is 1.18 bits per heavy atom. The van der Waals surface area contributed by atoms with Gasteiger partial charge < -0.3 is 4.52 Å². The van der Waals surface area contributed by atoms with Crippen LogP contribution in [0.4, 0.5) is 0 Å². The Bertz CT molecular complexity index is 816. The summed E-state index contributed by atoms with van der Waals surface area (Å²) in [5.41, 5.74) is 1.80. The third-order valence-electron chi connectivity index (χ3n) is 3.04. The molecule has 116 valence electrons. The summed E-state index contributed by atoms with van der Waals surface area (Å²) in [4.78, 5) is 13.2. The van der Waals surface area contributed by atoms with Crippen LogP contribution in [0.15, 0.2) is 15.7 Å². The highest BCUT2D eigenvalue weighted by Crippen LogP contribution is 2.23. The lowest BCUT2D eigenvalue weighted by Crippen LogP contribution is -2.11. The molecule has 0 saturated heterocycles. The normalized spacial score (nSPS) is 12.2. The number of fused-ring (bicyclic) bond motifs is 1. The van der Waals surface area contributed by atoms with Crippen molar-refractivity contribution in [1.29, 1.82) is 0 Å². The largest absolute Gasteiger partial charge is 0.339 e. The van der Waals surface area contributed by atoms with Crippen molar-refractivity contribution in [1.82, 2.24) is 29.7 Å². The number of hydrogen-bond donors (Lipinski definition) is 0. The predicted molar refractivity (Wildman–Crippen MR) is 82.8 cm³/mol. The summed E-state index contributed by atoms with van der Waals surface area (Å²) in [5, 5.41) is 9.10. The molecule has 0 saturated carbocycles. The first-order valence-electron chi connectivity index (χ1n) is 7.00. The maximum Gasteiger partial charge on any atom is 0.253 e.